The van der Waals surface area contributed by atoms with Crippen molar-refractivity contribution in [1.29, 1.82) is 0 Å². The second-order valence-corrected chi connectivity index (χ2v) is 5.15. The van der Waals surface area contributed by atoms with Gasteiger partial charge in [-0.05, 0) is 53.3 Å². The zero-order valence-corrected chi connectivity index (χ0v) is 12.0. The van der Waals surface area contributed by atoms with E-state index in [-0.39, 0.29) is 12.0 Å². The van der Waals surface area contributed by atoms with Crippen LogP contribution in [0, 0.1) is 0 Å². The van der Waals surface area contributed by atoms with Crippen LogP contribution in [0.5, 0.6) is 0 Å². The largest absolute Gasteiger partial charge is 0.459 e. The Labute approximate surface area is 110 Å². The molecule has 0 rings (SSSR count). The van der Waals surface area contributed by atoms with E-state index in [1.165, 1.54) is 0 Å². The molecule has 18 heavy (non-hydrogen) atoms. The summed E-state index contributed by atoms with van der Waals surface area (Å²) < 4.78 is 5.39. The number of hydrogen-bond acceptors (Lipinski definition) is 4. The van der Waals surface area contributed by atoms with Crippen molar-refractivity contribution < 1.29 is 9.53 Å². The fourth-order valence-electron chi connectivity index (χ4n) is 1.43. The monoisotopic (exact) mass is 254 g/mol. The lowest BCUT2D eigenvalue weighted by atomic mass is 10.1. The van der Waals surface area contributed by atoms with E-state index in [2.05, 4.69) is 22.9 Å². The quantitative estimate of drug-likeness (QED) is 0.393. The molecule has 0 amide bonds. The zero-order chi connectivity index (χ0) is 14.0. The molecular formula is C14H26N2O2. The van der Waals surface area contributed by atoms with E-state index in [4.69, 9.17) is 4.74 Å². The summed E-state index contributed by atoms with van der Waals surface area (Å²) in [5.74, 6) is -0.198. The number of nitrogens with one attached hydrogen (secondary N) is 2. The molecule has 0 spiro atoms. The number of ether oxygens (including phenoxy) is 1. The first-order valence-electron chi connectivity index (χ1n) is 6.36. The molecule has 0 saturated carbocycles. The summed E-state index contributed by atoms with van der Waals surface area (Å²) in [4.78, 5) is 12.0. The lowest BCUT2D eigenvalue weighted by Gasteiger charge is -2.24. The first-order valence-corrected chi connectivity index (χ1v) is 6.36. The molecule has 0 bridgehead atoms. The summed E-state index contributed by atoms with van der Waals surface area (Å²) in [6, 6.07) is -0.276. The van der Waals surface area contributed by atoms with Crippen LogP contribution in [0.2, 0.25) is 0 Å². The van der Waals surface area contributed by atoms with Crippen molar-refractivity contribution in [2.75, 3.05) is 20.1 Å². The van der Waals surface area contributed by atoms with Crippen LogP contribution < -0.4 is 10.6 Å². The normalized spacial score (nSPS) is 12.7. The van der Waals surface area contributed by atoms with Gasteiger partial charge in [0.15, 0.2) is 0 Å². The van der Waals surface area contributed by atoms with E-state index < -0.39 is 5.60 Å². The Morgan fingerprint density at radius 2 is 2.17 bits per heavy atom. The highest BCUT2D eigenvalue weighted by molar-refractivity contribution is 5.76. The predicted molar refractivity (Wildman–Crippen MR) is 74.5 cm³/mol. The first kappa shape index (κ1) is 16.9. The second kappa shape index (κ2) is 8.92. The maximum atomic E-state index is 12.0. The van der Waals surface area contributed by atoms with Crippen molar-refractivity contribution in [3.63, 3.8) is 0 Å². The summed E-state index contributed by atoms with van der Waals surface area (Å²) in [7, 11) is 1.90. The number of hydrogen-bond donors (Lipinski definition) is 2. The Morgan fingerprint density at radius 3 is 2.67 bits per heavy atom. The van der Waals surface area contributed by atoms with Gasteiger partial charge >= 0.3 is 5.97 Å². The van der Waals surface area contributed by atoms with Gasteiger partial charge in [0.05, 0.1) is 0 Å². The highest BCUT2D eigenvalue weighted by Gasteiger charge is 2.23. The van der Waals surface area contributed by atoms with Gasteiger partial charge in [-0.2, -0.15) is 0 Å². The topological polar surface area (TPSA) is 50.4 Å². The third kappa shape index (κ3) is 8.99. The van der Waals surface area contributed by atoms with Crippen LogP contribution >= 0.6 is 0 Å². The SMILES string of the molecule is C=C=CCNC(CCCNC)C(=O)OC(C)(C)C. The van der Waals surface area contributed by atoms with Crippen molar-refractivity contribution in [3.05, 3.63) is 18.4 Å². The molecule has 1 atom stereocenters. The highest BCUT2D eigenvalue weighted by Crippen LogP contribution is 2.10. The minimum absolute atomic E-state index is 0.198. The summed E-state index contributed by atoms with van der Waals surface area (Å²) >= 11 is 0. The Balaban J connectivity index is 4.33. The lowest BCUT2D eigenvalue weighted by Crippen LogP contribution is -2.41. The van der Waals surface area contributed by atoms with Crippen LogP contribution in [0.1, 0.15) is 33.6 Å². The molecule has 2 N–H and O–H groups in total. The van der Waals surface area contributed by atoms with E-state index >= 15 is 0 Å². The number of rotatable bonds is 8. The van der Waals surface area contributed by atoms with Gasteiger partial charge in [0.2, 0.25) is 0 Å². The second-order valence-electron chi connectivity index (χ2n) is 5.15. The van der Waals surface area contributed by atoms with Crippen molar-refractivity contribution in [3.8, 4) is 0 Å². The third-order valence-corrected chi connectivity index (χ3v) is 2.22. The number of carbonyl (C=O) groups excluding carboxylic acids is 1. The van der Waals surface area contributed by atoms with Crippen LogP contribution in [-0.4, -0.2) is 37.7 Å². The van der Waals surface area contributed by atoms with E-state index in [9.17, 15) is 4.79 Å². The molecular weight excluding hydrogens is 228 g/mol. The third-order valence-electron chi connectivity index (χ3n) is 2.22. The molecule has 4 nitrogen and oxygen atoms in total. The molecule has 0 aromatic rings. The average Bonchev–Trinajstić information content (AvgIpc) is 2.25. The van der Waals surface area contributed by atoms with Gasteiger partial charge in [0.25, 0.3) is 0 Å². The van der Waals surface area contributed by atoms with Crippen molar-refractivity contribution in [1.82, 2.24) is 10.6 Å². The predicted octanol–water partition coefficient (Wildman–Crippen LogP) is 1.63. The van der Waals surface area contributed by atoms with Gasteiger partial charge in [-0.3, -0.25) is 4.79 Å². The maximum absolute atomic E-state index is 12.0. The van der Waals surface area contributed by atoms with E-state index in [0.717, 1.165) is 19.4 Å². The molecule has 0 radical (unpaired) electrons. The lowest BCUT2D eigenvalue weighted by molar-refractivity contribution is -0.157. The summed E-state index contributed by atoms with van der Waals surface area (Å²) in [5, 5.41) is 6.21. The smallest absolute Gasteiger partial charge is 0.323 e. The highest BCUT2D eigenvalue weighted by atomic mass is 16.6. The fraction of sp³-hybridized carbons (Fsp3) is 0.714. The van der Waals surface area contributed by atoms with Crippen molar-refractivity contribution >= 4 is 5.97 Å². The van der Waals surface area contributed by atoms with E-state index in [1.54, 1.807) is 6.08 Å². The summed E-state index contributed by atoms with van der Waals surface area (Å²) in [5.41, 5.74) is 2.23. The van der Waals surface area contributed by atoms with Gasteiger partial charge in [-0.1, -0.05) is 6.58 Å². The van der Waals surface area contributed by atoms with Crippen LogP contribution in [0.15, 0.2) is 18.4 Å². The minimum atomic E-state index is -0.450. The van der Waals surface area contributed by atoms with E-state index in [1.807, 2.05) is 27.8 Å². The van der Waals surface area contributed by atoms with E-state index in [0.29, 0.717) is 6.54 Å². The van der Waals surface area contributed by atoms with Crippen LogP contribution in [0.4, 0.5) is 0 Å². The average molecular weight is 254 g/mol. The van der Waals surface area contributed by atoms with Crippen LogP contribution in [-0.2, 0) is 9.53 Å². The van der Waals surface area contributed by atoms with Crippen LogP contribution in [0.25, 0.3) is 0 Å². The molecule has 0 saturated heterocycles. The number of esters is 1. The fourth-order valence-corrected chi connectivity index (χ4v) is 1.43. The van der Waals surface area contributed by atoms with Crippen molar-refractivity contribution in [2.24, 2.45) is 0 Å². The maximum Gasteiger partial charge on any atom is 0.323 e. The molecule has 4 heteroatoms. The van der Waals surface area contributed by atoms with Crippen LogP contribution in [0.3, 0.4) is 0 Å². The first-order chi connectivity index (χ1) is 8.40. The van der Waals surface area contributed by atoms with Gasteiger partial charge in [0.1, 0.15) is 11.6 Å². The standard InChI is InChI=1S/C14H26N2O2/c1-6-7-11-16-12(9-8-10-15-5)13(17)18-14(2,3)4/h7,12,15-16H,1,8-11H2,2-5H3. The molecule has 1 unspecified atom stereocenters. The number of carbonyl (C=O) groups is 1. The Kier molecular flexibility index (Phi) is 8.38. The van der Waals surface area contributed by atoms with Gasteiger partial charge < -0.3 is 15.4 Å². The van der Waals surface area contributed by atoms with Gasteiger partial charge in [-0.15, -0.1) is 5.73 Å². The molecule has 0 aromatic heterocycles. The molecule has 0 aliphatic carbocycles. The molecule has 0 aliphatic rings. The van der Waals surface area contributed by atoms with Gasteiger partial charge in [0, 0.05) is 6.54 Å². The molecule has 0 fully saturated rings. The summed E-state index contributed by atoms with van der Waals surface area (Å²) in [6.45, 7) is 10.6. The molecule has 104 valence electrons. The minimum Gasteiger partial charge on any atom is -0.459 e. The Bertz CT molecular complexity index is 289. The summed E-state index contributed by atoms with van der Waals surface area (Å²) in [6.07, 6.45) is 3.43. The van der Waals surface area contributed by atoms with Crippen molar-refractivity contribution in [2.45, 2.75) is 45.3 Å². The Morgan fingerprint density at radius 1 is 1.50 bits per heavy atom. The van der Waals surface area contributed by atoms with Gasteiger partial charge in [-0.25, -0.2) is 0 Å². The Hall–Kier alpha value is -1.09. The molecule has 0 aliphatic heterocycles. The molecule has 0 heterocycles. The molecule has 0 aromatic carbocycles. The zero-order valence-electron chi connectivity index (χ0n) is 12.0.